The van der Waals surface area contributed by atoms with Gasteiger partial charge in [-0.1, -0.05) is 11.8 Å². The molecule has 1 aromatic rings. The Balaban J connectivity index is 2.70. The predicted molar refractivity (Wildman–Crippen MR) is 88.4 cm³/mol. The standard InChI is InChI=1S/C17H27N3O/c1-19(2)11-6-12-20(3)14-16-13-15(7-5-10-18)8-9-17(16)21-4/h8-9,13H,6,10-12,14,18H2,1-4H3. The first-order valence-electron chi connectivity index (χ1n) is 7.26. The minimum Gasteiger partial charge on any atom is -0.496 e. The van der Waals surface area contributed by atoms with Gasteiger partial charge in [0.2, 0.25) is 0 Å². The molecule has 0 spiro atoms. The van der Waals surface area contributed by atoms with Gasteiger partial charge in [0.1, 0.15) is 5.75 Å². The van der Waals surface area contributed by atoms with E-state index in [2.05, 4.69) is 48.9 Å². The molecular formula is C17H27N3O. The molecule has 1 aromatic carbocycles. The fourth-order valence-corrected chi connectivity index (χ4v) is 2.16. The summed E-state index contributed by atoms with van der Waals surface area (Å²) in [7, 11) is 8.04. The summed E-state index contributed by atoms with van der Waals surface area (Å²) in [5.41, 5.74) is 7.56. The van der Waals surface area contributed by atoms with Crippen LogP contribution in [0.15, 0.2) is 18.2 Å². The first-order valence-corrected chi connectivity index (χ1v) is 7.26. The Labute approximate surface area is 128 Å². The average Bonchev–Trinajstić information content (AvgIpc) is 2.45. The highest BCUT2D eigenvalue weighted by atomic mass is 16.5. The molecule has 0 aromatic heterocycles. The number of nitrogens with two attached hydrogens (primary N) is 1. The van der Waals surface area contributed by atoms with E-state index >= 15 is 0 Å². The second kappa shape index (κ2) is 9.41. The fraction of sp³-hybridized carbons (Fsp3) is 0.529. The molecule has 0 unspecified atom stereocenters. The summed E-state index contributed by atoms with van der Waals surface area (Å²) >= 11 is 0. The van der Waals surface area contributed by atoms with Gasteiger partial charge in [0.05, 0.1) is 13.7 Å². The second-order valence-corrected chi connectivity index (χ2v) is 5.43. The predicted octanol–water partition coefficient (Wildman–Crippen LogP) is 1.39. The summed E-state index contributed by atoms with van der Waals surface area (Å²) in [5.74, 6) is 6.87. The van der Waals surface area contributed by atoms with Crippen LogP contribution in [-0.2, 0) is 6.54 Å². The molecule has 21 heavy (non-hydrogen) atoms. The van der Waals surface area contributed by atoms with Gasteiger partial charge in [-0.05, 0) is 58.9 Å². The fourth-order valence-electron chi connectivity index (χ4n) is 2.16. The van der Waals surface area contributed by atoms with E-state index in [9.17, 15) is 0 Å². The van der Waals surface area contributed by atoms with Crippen molar-refractivity contribution in [1.82, 2.24) is 9.80 Å². The molecule has 0 amide bonds. The first-order chi connectivity index (χ1) is 10.1. The molecule has 2 N–H and O–H groups in total. The molecule has 0 fully saturated rings. The van der Waals surface area contributed by atoms with Crippen LogP contribution < -0.4 is 10.5 Å². The molecule has 4 heteroatoms. The molecule has 0 aliphatic heterocycles. The minimum absolute atomic E-state index is 0.381. The zero-order chi connectivity index (χ0) is 15.7. The quantitative estimate of drug-likeness (QED) is 0.770. The van der Waals surface area contributed by atoms with Crippen LogP contribution in [0.3, 0.4) is 0 Å². The second-order valence-electron chi connectivity index (χ2n) is 5.43. The van der Waals surface area contributed by atoms with E-state index in [1.807, 2.05) is 12.1 Å². The SMILES string of the molecule is COc1ccc(C#CCN)cc1CN(C)CCCN(C)C. The van der Waals surface area contributed by atoms with Crippen LogP contribution in [0.1, 0.15) is 17.5 Å². The summed E-state index contributed by atoms with van der Waals surface area (Å²) in [6, 6.07) is 6.03. The Hall–Kier alpha value is -1.54. The molecule has 0 saturated heterocycles. The van der Waals surface area contributed by atoms with Gasteiger partial charge in [0.15, 0.2) is 0 Å². The lowest BCUT2D eigenvalue weighted by molar-refractivity contribution is 0.289. The zero-order valence-electron chi connectivity index (χ0n) is 13.6. The van der Waals surface area contributed by atoms with Crippen LogP contribution in [0.25, 0.3) is 0 Å². The zero-order valence-corrected chi connectivity index (χ0v) is 13.6. The van der Waals surface area contributed by atoms with Crippen molar-refractivity contribution in [3.63, 3.8) is 0 Å². The molecular weight excluding hydrogens is 262 g/mol. The summed E-state index contributed by atoms with van der Waals surface area (Å²) in [4.78, 5) is 4.51. The first kappa shape index (κ1) is 17.5. The summed E-state index contributed by atoms with van der Waals surface area (Å²) in [6.07, 6.45) is 1.15. The third-order valence-electron chi connectivity index (χ3n) is 3.20. The minimum atomic E-state index is 0.381. The monoisotopic (exact) mass is 289 g/mol. The van der Waals surface area contributed by atoms with Crippen molar-refractivity contribution in [2.45, 2.75) is 13.0 Å². The number of rotatable bonds is 7. The highest BCUT2D eigenvalue weighted by molar-refractivity contribution is 5.44. The number of benzene rings is 1. The van der Waals surface area contributed by atoms with Crippen molar-refractivity contribution < 1.29 is 4.74 Å². The van der Waals surface area contributed by atoms with Crippen LogP contribution in [0.2, 0.25) is 0 Å². The van der Waals surface area contributed by atoms with Gasteiger partial charge < -0.3 is 20.3 Å². The summed E-state index contributed by atoms with van der Waals surface area (Å²) < 4.78 is 5.44. The maximum absolute atomic E-state index is 5.44. The maximum atomic E-state index is 5.44. The van der Waals surface area contributed by atoms with Crippen molar-refractivity contribution >= 4 is 0 Å². The smallest absolute Gasteiger partial charge is 0.123 e. The van der Waals surface area contributed by atoms with E-state index in [-0.39, 0.29) is 0 Å². The number of ether oxygens (including phenoxy) is 1. The van der Waals surface area contributed by atoms with Crippen molar-refractivity contribution in [3.8, 4) is 17.6 Å². The highest BCUT2D eigenvalue weighted by Gasteiger charge is 2.07. The molecule has 0 aliphatic carbocycles. The number of nitrogens with zero attached hydrogens (tertiary/aromatic N) is 2. The molecule has 0 saturated carbocycles. The van der Waals surface area contributed by atoms with Crippen molar-refractivity contribution in [1.29, 1.82) is 0 Å². The van der Waals surface area contributed by atoms with Crippen LogP contribution in [-0.4, -0.2) is 57.7 Å². The lowest BCUT2D eigenvalue weighted by Gasteiger charge is -2.19. The molecule has 0 atom stereocenters. The third kappa shape index (κ3) is 6.63. The van der Waals surface area contributed by atoms with E-state index in [0.717, 1.165) is 42.9 Å². The van der Waals surface area contributed by atoms with Crippen molar-refractivity contribution in [2.75, 3.05) is 47.9 Å². The lowest BCUT2D eigenvalue weighted by atomic mass is 10.1. The van der Waals surface area contributed by atoms with E-state index in [0.29, 0.717) is 6.54 Å². The number of methoxy groups -OCH3 is 1. The molecule has 0 aliphatic rings. The van der Waals surface area contributed by atoms with Gasteiger partial charge >= 0.3 is 0 Å². The molecule has 1 rings (SSSR count). The Kier molecular flexibility index (Phi) is 7.84. The molecule has 4 nitrogen and oxygen atoms in total. The average molecular weight is 289 g/mol. The Morgan fingerprint density at radius 2 is 1.95 bits per heavy atom. The lowest BCUT2D eigenvalue weighted by Crippen LogP contribution is -2.23. The Morgan fingerprint density at radius 1 is 1.19 bits per heavy atom. The molecule has 0 radical (unpaired) electrons. The van der Waals surface area contributed by atoms with E-state index < -0.39 is 0 Å². The molecule has 0 bridgehead atoms. The van der Waals surface area contributed by atoms with Crippen LogP contribution >= 0.6 is 0 Å². The maximum Gasteiger partial charge on any atom is 0.123 e. The largest absolute Gasteiger partial charge is 0.496 e. The Morgan fingerprint density at radius 3 is 2.57 bits per heavy atom. The summed E-state index contributed by atoms with van der Waals surface area (Å²) in [5, 5.41) is 0. The summed E-state index contributed by atoms with van der Waals surface area (Å²) in [6.45, 7) is 3.39. The van der Waals surface area contributed by atoms with E-state index in [1.165, 1.54) is 0 Å². The van der Waals surface area contributed by atoms with Crippen LogP contribution in [0.5, 0.6) is 5.75 Å². The van der Waals surface area contributed by atoms with E-state index in [4.69, 9.17) is 10.5 Å². The molecule has 116 valence electrons. The Bertz CT molecular complexity index is 489. The van der Waals surface area contributed by atoms with Gasteiger partial charge in [-0.2, -0.15) is 0 Å². The van der Waals surface area contributed by atoms with E-state index in [1.54, 1.807) is 7.11 Å². The van der Waals surface area contributed by atoms with Gasteiger partial charge in [-0.3, -0.25) is 0 Å². The number of hydrogen-bond acceptors (Lipinski definition) is 4. The van der Waals surface area contributed by atoms with Crippen molar-refractivity contribution in [2.24, 2.45) is 5.73 Å². The third-order valence-corrected chi connectivity index (χ3v) is 3.20. The topological polar surface area (TPSA) is 41.7 Å². The van der Waals surface area contributed by atoms with Crippen LogP contribution in [0.4, 0.5) is 0 Å². The van der Waals surface area contributed by atoms with Crippen molar-refractivity contribution in [3.05, 3.63) is 29.3 Å². The normalized spacial score (nSPS) is 10.6. The highest BCUT2D eigenvalue weighted by Crippen LogP contribution is 2.21. The van der Waals surface area contributed by atoms with Gasteiger partial charge in [-0.25, -0.2) is 0 Å². The molecule has 0 heterocycles. The van der Waals surface area contributed by atoms with Gasteiger partial charge in [0.25, 0.3) is 0 Å². The van der Waals surface area contributed by atoms with Crippen LogP contribution in [0, 0.1) is 11.8 Å². The van der Waals surface area contributed by atoms with Gasteiger partial charge in [-0.15, -0.1) is 0 Å². The van der Waals surface area contributed by atoms with Gasteiger partial charge in [0, 0.05) is 17.7 Å². The number of hydrogen-bond donors (Lipinski definition) is 1.